The van der Waals surface area contributed by atoms with E-state index in [1.165, 1.54) is 11.6 Å². The van der Waals surface area contributed by atoms with Crippen LogP contribution in [0.3, 0.4) is 0 Å². The van der Waals surface area contributed by atoms with Crippen molar-refractivity contribution in [3.05, 3.63) is 89.5 Å². The zero-order chi connectivity index (χ0) is 33.3. The average Bonchev–Trinajstić information content (AvgIpc) is 3.03. The molecule has 0 aliphatic carbocycles. The molecule has 4 rings (SSSR count). The van der Waals surface area contributed by atoms with E-state index >= 15 is 0 Å². The number of carbonyl (C=O) groups excluding carboxylic acids is 1. The van der Waals surface area contributed by atoms with E-state index in [2.05, 4.69) is 35.7 Å². The molecule has 9 nitrogen and oxygen atoms in total. The van der Waals surface area contributed by atoms with Crippen molar-refractivity contribution in [1.29, 1.82) is 0 Å². The lowest BCUT2D eigenvalue weighted by Crippen LogP contribution is -2.47. The summed E-state index contributed by atoms with van der Waals surface area (Å²) in [6.45, 7) is 9.88. The summed E-state index contributed by atoms with van der Waals surface area (Å²) < 4.78 is 41.8. The second-order valence-corrected chi connectivity index (χ2v) is 14.3. The number of aliphatic hydroxyl groups is 1. The van der Waals surface area contributed by atoms with Crippen molar-refractivity contribution in [2.24, 2.45) is 5.92 Å². The van der Waals surface area contributed by atoms with E-state index < -0.39 is 16.1 Å². The molecule has 0 saturated carbocycles. The molecule has 1 amide bonds. The van der Waals surface area contributed by atoms with E-state index in [-0.39, 0.29) is 46.8 Å². The quantitative estimate of drug-likeness (QED) is 0.305. The maximum Gasteiger partial charge on any atom is 0.261 e. The number of nitrogens with one attached hydrogen (secondary N) is 1. The molecular weight excluding hydrogens is 602 g/mol. The predicted molar refractivity (Wildman–Crippen MR) is 182 cm³/mol. The summed E-state index contributed by atoms with van der Waals surface area (Å²) in [6.07, 6.45) is 2.21. The Balaban J connectivity index is 1.64. The molecule has 250 valence electrons. The first-order valence-electron chi connectivity index (χ1n) is 16.1. The second kappa shape index (κ2) is 16.4. The lowest BCUT2D eigenvalue weighted by Gasteiger charge is -2.36. The molecule has 1 aliphatic rings. The van der Waals surface area contributed by atoms with Crippen LogP contribution in [0.1, 0.15) is 61.5 Å². The van der Waals surface area contributed by atoms with Crippen LogP contribution in [-0.2, 0) is 21.3 Å². The van der Waals surface area contributed by atoms with E-state index in [1.807, 2.05) is 32.0 Å². The van der Waals surface area contributed by atoms with Gasteiger partial charge in [0.15, 0.2) is 0 Å². The van der Waals surface area contributed by atoms with Gasteiger partial charge in [-0.15, -0.1) is 0 Å². The van der Waals surface area contributed by atoms with Crippen molar-refractivity contribution in [3.63, 3.8) is 0 Å². The van der Waals surface area contributed by atoms with Crippen LogP contribution in [0.2, 0.25) is 0 Å². The largest absolute Gasteiger partial charge is 0.490 e. The Labute approximate surface area is 274 Å². The molecule has 3 aromatic rings. The Morgan fingerprint density at radius 3 is 2.46 bits per heavy atom. The molecule has 0 radical (unpaired) electrons. The molecule has 2 N–H and O–H groups in total. The third kappa shape index (κ3) is 9.78. The zero-order valence-corrected chi connectivity index (χ0v) is 28.5. The number of anilines is 1. The number of aliphatic hydroxyl groups excluding tert-OH is 1. The molecule has 46 heavy (non-hydrogen) atoms. The summed E-state index contributed by atoms with van der Waals surface area (Å²) in [7, 11) is -1.82. The predicted octanol–water partition coefficient (Wildman–Crippen LogP) is 5.72. The summed E-state index contributed by atoms with van der Waals surface area (Å²) >= 11 is 0. The Morgan fingerprint density at radius 2 is 1.76 bits per heavy atom. The van der Waals surface area contributed by atoms with E-state index in [1.54, 1.807) is 48.2 Å². The number of hydrogen-bond donors (Lipinski definition) is 2. The lowest BCUT2D eigenvalue weighted by molar-refractivity contribution is -0.0177. The van der Waals surface area contributed by atoms with Gasteiger partial charge in [0.05, 0.1) is 35.3 Å². The van der Waals surface area contributed by atoms with Crippen LogP contribution in [0.15, 0.2) is 77.7 Å². The average molecular weight is 652 g/mol. The van der Waals surface area contributed by atoms with Gasteiger partial charge in [0.25, 0.3) is 15.9 Å². The number of likely N-dealkylation sites (N-methyl/N-ethyl adjacent to an activating group) is 1. The van der Waals surface area contributed by atoms with Crippen LogP contribution in [0.25, 0.3) is 0 Å². The summed E-state index contributed by atoms with van der Waals surface area (Å²) in [6, 6.07) is 21.2. The SMILES string of the molecule is Cc1ccc(S(=O)(=O)Nc2ccc3c(c2)C(=O)N([C@@H](C)CO)C[C@H](C)[C@@H](CN(C)Cc2ccccc2)OCCCC[C@H](C)O3)cc1. The number of amides is 1. The van der Waals surface area contributed by atoms with Gasteiger partial charge in [-0.05, 0) is 83.0 Å². The standard InChI is InChI=1S/C36H49N3O6S/c1-26-14-17-32(18-15-26)46(42,43)37-31-16-19-34-33(21-31)36(41)39(28(3)25-40)22-27(2)35(44-20-10-9-11-29(4)45-34)24-38(5)23-30-12-7-6-8-13-30/h6-8,12-19,21,27-29,35,37,40H,9-11,20,22-25H2,1-5H3/t27-,28-,29-,35+/m0/s1. The van der Waals surface area contributed by atoms with Gasteiger partial charge in [0.1, 0.15) is 5.75 Å². The number of carbonyl (C=O) groups is 1. The Hall–Kier alpha value is -3.44. The molecule has 0 saturated heterocycles. The van der Waals surface area contributed by atoms with Crippen molar-refractivity contribution in [2.75, 3.05) is 38.1 Å². The Morgan fingerprint density at radius 1 is 1.04 bits per heavy atom. The third-order valence-electron chi connectivity index (χ3n) is 8.42. The van der Waals surface area contributed by atoms with E-state index in [0.29, 0.717) is 25.4 Å². The summed E-state index contributed by atoms with van der Waals surface area (Å²) in [4.78, 5) is 18.4. The fourth-order valence-electron chi connectivity index (χ4n) is 5.65. The van der Waals surface area contributed by atoms with Gasteiger partial charge >= 0.3 is 0 Å². The highest BCUT2D eigenvalue weighted by atomic mass is 32.2. The first kappa shape index (κ1) is 35.4. The number of hydrogen-bond acceptors (Lipinski definition) is 7. The van der Waals surface area contributed by atoms with Crippen molar-refractivity contribution in [1.82, 2.24) is 9.80 Å². The van der Waals surface area contributed by atoms with E-state index in [9.17, 15) is 18.3 Å². The number of fused-ring (bicyclic) bond motifs is 1. The third-order valence-corrected chi connectivity index (χ3v) is 9.82. The van der Waals surface area contributed by atoms with Crippen molar-refractivity contribution in [2.45, 2.75) is 76.6 Å². The fraction of sp³-hybridized carbons (Fsp3) is 0.472. The molecule has 0 unspecified atom stereocenters. The summed E-state index contributed by atoms with van der Waals surface area (Å²) in [5, 5.41) is 10.2. The van der Waals surface area contributed by atoms with Crippen molar-refractivity contribution >= 4 is 21.6 Å². The topological polar surface area (TPSA) is 108 Å². The molecule has 4 atom stereocenters. The minimum atomic E-state index is -3.90. The molecule has 0 aromatic heterocycles. The van der Waals surface area contributed by atoms with Gasteiger partial charge in [-0.2, -0.15) is 0 Å². The highest BCUT2D eigenvalue weighted by Gasteiger charge is 2.30. The van der Waals surface area contributed by atoms with Crippen LogP contribution < -0.4 is 9.46 Å². The van der Waals surface area contributed by atoms with Crippen molar-refractivity contribution in [3.8, 4) is 5.75 Å². The molecule has 0 spiro atoms. The molecule has 0 bridgehead atoms. The number of benzene rings is 3. The number of aryl methyl sites for hydroxylation is 1. The monoisotopic (exact) mass is 651 g/mol. The smallest absolute Gasteiger partial charge is 0.261 e. The normalized spacial score (nSPS) is 20.8. The van der Waals surface area contributed by atoms with E-state index in [0.717, 1.165) is 31.4 Å². The first-order chi connectivity index (χ1) is 22.0. The minimum Gasteiger partial charge on any atom is -0.490 e. The molecular formula is C36H49N3O6S. The molecule has 0 fully saturated rings. The molecule has 3 aromatic carbocycles. The Kier molecular flexibility index (Phi) is 12.6. The molecule has 10 heteroatoms. The Bertz CT molecular complexity index is 1520. The molecule has 1 heterocycles. The van der Waals surface area contributed by atoms with Crippen LogP contribution in [0, 0.1) is 12.8 Å². The van der Waals surface area contributed by atoms with Gasteiger partial charge in [-0.25, -0.2) is 8.42 Å². The highest BCUT2D eigenvalue weighted by Crippen LogP contribution is 2.29. The number of sulfonamides is 1. The van der Waals surface area contributed by atoms with Crippen LogP contribution in [0.5, 0.6) is 5.75 Å². The number of ether oxygens (including phenoxy) is 2. The van der Waals surface area contributed by atoms with Gasteiger partial charge in [0.2, 0.25) is 0 Å². The maximum atomic E-state index is 14.4. The molecule has 1 aliphatic heterocycles. The van der Waals surface area contributed by atoms with Gasteiger partial charge in [-0.1, -0.05) is 55.0 Å². The van der Waals surface area contributed by atoms with Gasteiger partial charge in [0, 0.05) is 37.8 Å². The van der Waals surface area contributed by atoms with Crippen LogP contribution in [0.4, 0.5) is 5.69 Å². The minimum absolute atomic E-state index is 0.0642. The van der Waals surface area contributed by atoms with Crippen LogP contribution >= 0.6 is 0 Å². The first-order valence-corrected chi connectivity index (χ1v) is 17.6. The number of nitrogens with zero attached hydrogens (tertiary/aromatic N) is 2. The van der Waals surface area contributed by atoms with E-state index in [4.69, 9.17) is 9.47 Å². The fourth-order valence-corrected chi connectivity index (χ4v) is 6.70. The zero-order valence-electron chi connectivity index (χ0n) is 27.7. The van der Waals surface area contributed by atoms with Gasteiger partial charge < -0.3 is 19.5 Å². The highest BCUT2D eigenvalue weighted by molar-refractivity contribution is 7.92. The second-order valence-electron chi connectivity index (χ2n) is 12.6. The van der Waals surface area contributed by atoms with Crippen molar-refractivity contribution < 1.29 is 27.8 Å². The lowest BCUT2D eigenvalue weighted by atomic mass is 10.0. The summed E-state index contributed by atoms with van der Waals surface area (Å²) in [5.74, 6) is -0.0305. The van der Waals surface area contributed by atoms with Crippen LogP contribution in [-0.4, -0.2) is 80.8 Å². The number of rotatable bonds is 9. The maximum absolute atomic E-state index is 14.4. The summed E-state index contributed by atoms with van der Waals surface area (Å²) in [5.41, 5.74) is 2.64. The van der Waals surface area contributed by atoms with Gasteiger partial charge in [-0.3, -0.25) is 14.4 Å².